The molecule has 2 aromatic carbocycles. The number of hydrogen-bond donors (Lipinski definition) is 0. The highest BCUT2D eigenvalue weighted by atomic mass is 19.1. The lowest BCUT2D eigenvalue weighted by atomic mass is 9.77. The van der Waals surface area contributed by atoms with Crippen LogP contribution in [0.4, 0.5) is 4.39 Å². The average molecular weight is 428 g/mol. The van der Waals surface area contributed by atoms with Crippen LogP contribution >= 0.6 is 0 Å². The van der Waals surface area contributed by atoms with Crippen LogP contribution in [0.2, 0.25) is 0 Å². The first-order valence-corrected chi connectivity index (χ1v) is 11.0. The standard InChI is InChI=1S/C25H30FNO4/c1-29-21-9-6-10-22(30-2)23(21)31-20-11-15-27(16-12-20)24(28)25(13-3-4-14-25)18-7-5-8-19(26)17-18/h5-10,17,20H,3-4,11-16H2,1-2H3. The molecule has 2 fully saturated rings. The highest BCUT2D eigenvalue weighted by Gasteiger charge is 2.45. The van der Waals surface area contributed by atoms with E-state index in [-0.39, 0.29) is 17.8 Å². The SMILES string of the molecule is COc1cccc(OC)c1OC1CCN(C(=O)C2(c3cccc(F)c3)CCCC2)CC1. The van der Waals surface area contributed by atoms with E-state index < -0.39 is 5.41 Å². The minimum atomic E-state index is -0.596. The first-order chi connectivity index (χ1) is 15.1. The molecule has 1 heterocycles. The molecule has 0 bridgehead atoms. The van der Waals surface area contributed by atoms with Crippen LogP contribution in [0, 0.1) is 5.82 Å². The van der Waals surface area contributed by atoms with Crippen molar-refractivity contribution < 1.29 is 23.4 Å². The number of hydrogen-bond acceptors (Lipinski definition) is 4. The summed E-state index contributed by atoms with van der Waals surface area (Å²) in [5.41, 5.74) is 0.217. The van der Waals surface area contributed by atoms with Gasteiger partial charge in [-0.1, -0.05) is 31.0 Å². The molecule has 166 valence electrons. The molecule has 2 aromatic rings. The predicted molar refractivity (Wildman–Crippen MR) is 116 cm³/mol. The van der Waals surface area contributed by atoms with Crippen molar-refractivity contribution in [3.05, 3.63) is 53.8 Å². The smallest absolute Gasteiger partial charge is 0.233 e. The summed E-state index contributed by atoms with van der Waals surface area (Å²) in [7, 11) is 3.22. The molecule has 5 nitrogen and oxygen atoms in total. The number of benzene rings is 2. The molecule has 0 atom stereocenters. The lowest BCUT2D eigenvalue weighted by Gasteiger charge is -2.39. The summed E-state index contributed by atoms with van der Waals surface area (Å²) in [4.78, 5) is 15.6. The fraction of sp³-hybridized carbons (Fsp3) is 0.480. The van der Waals surface area contributed by atoms with E-state index in [1.54, 1.807) is 20.3 Å². The van der Waals surface area contributed by atoms with Gasteiger partial charge in [0.25, 0.3) is 0 Å². The number of likely N-dealkylation sites (tertiary alicyclic amines) is 1. The summed E-state index contributed by atoms with van der Waals surface area (Å²) >= 11 is 0. The molecular formula is C25H30FNO4. The molecule has 1 aliphatic heterocycles. The number of nitrogens with zero attached hydrogens (tertiary/aromatic N) is 1. The Morgan fingerprint density at radius 2 is 1.61 bits per heavy atom. The molecule has 1 saturated carbocycles. The van der Waals surface area contributed by atoms with Gasteiger partial charge >= 0.3 is 0 Å². The third-order valence-corrected chi connectivity index (χ3v) is 6.64. The lowest BCUT2D eigenvalue weighted by molar-refractivity contribution is -0.139. The molecule has 6 heteroatoms. The van der Waals surface area contributed by atoms with Gasteiger partial charge in [0, 0.05) is 25.9 Å². The van der Waals surface area contributed by atoms with Crippen LogP contribution in [0.25, 0.3) is 0 Å². The third-order valence-electron chi connectivity index (χ3n) is 6.64. The third kappa shape index (κ3) is 4.21. The summed E-state index contributed by atoms with van der Waals surface area (Å²) in [6, 6.07) is 12.1. The van der Waals surface area contributed by atoms with E-state index in [1.165, 1.54) is 12.1 Å². The number of para-hydroxylation sites is 1. The molecule has 1 aliphatic carbocycles. The van der Waals surface area contributed by atoms with Crippen molar-refractivity contribution >= 4 is 5.91 Å². The number of carbonyl (C=O) groups excluding carboxylic acids is 1. The van der Waals surface area contributed by atoms with Gasteiger partial charge in [0.15, 0.2) is 11.5 Å². The first kappa shape index (κ1) is 21.5. The molecule has 0 spiro atoms. The van der Waals surface area contributed by atoms with Crippen molar-refractivity contribution in [1.82, 2.24) is 4.90 Å². The van der Waals surface area contributed by atoms with E-state index in [0.29, 0.717) is 30.3 Å². The van der Waals surface area contributed by atoms with E-state index in [2.05, 4.69) is 0 Å². The minimum Gasteiger partial charge on any atom is -0.493 e. The summed E-state index contributed by atoms with van der Waals surface area (Å²) in [5, 5.41) is 0. The van der Waals surface area contributed by atoms with E-state index in [1.807, 2.05) is 29.2 Å². The Balaban J connectivity index is 1.46. The van der Waals surface area contributed by atoms with Crippen LogP contribution in [0.3, 0.4) is 0 Å². The molecule has 2 aliphatic rings. The Kier molecular flexibility index (Phi) is 6.35. The van der Waals surface area contributed by atoms with Gasteiger partial charge in [0.1, 0.15) is 11.9 Å². The molecule has 31 heavy (non-hydrogen) atoms. The summed E-state index contributed by atoms with van der Waals surface area (Å²) in [5.74, 6) is 1.71. The van der Waals surface area contributed by atoms with Crippen LogP contribution in [-0.2, 0) is 10.2 Å². The summed E-state index contributed by atoms with van der Waals surface area (Å²) < 4.78 is 31.0. The zero-order valence-corrected chi connectivity index (χ0v) is 18.2. The average Bonchev–Trinajstić information content (AvgIpc) is 3.30. The maximum atomic E-state index is 13.9. The van der Waals surface area contributed by atoms with Crippen LogP contribution in [-0.4, -0.2) is 44.2 Å². The number of rotatable bonds is 6. The Hall–Kier alpha value is -2.76. The van der Waals surface area contributed by atoms with Crippen molar-refractivity contribution in [2.24, 2.45) is 0 Å². The van der Waals surface area contributed by atoms with Gasteiger partial charge in [-0.2, -0.15) is 0 Å². The van der Waals surface area contributed by atoms with Crippen LogP contribution in [0.5, 0.6) is 17.2 Å². The maximum absolute atomic E-state index is 13.9. The zero-order chi connectivity index (χ0) is 21.8. The highest BCUT2D eigenvalue weighted by Crippen LogP contribution is 2.44. The number of ether oxygens (including phenoxy) is 3. The predicted octanol–water partition coefficient (Wildman–Crippen LogP) is 4.72. The fourth-order valence-corrected chi connectivity index (χ4v) is 4.97. The second-order valence-electron chi connectivity index (χ2n) is 8.40. The minimum absolute atomic E-state index is 0.0250. The zero-order valence-electron chi connectivity index (χ0n) is 18.2. The molecule has 1 saturated heterocycles. The van der Waals surface area contributed by atoms with Crippen molar-refractivity contribution in [3.8, 4) is 17.2 Å². The Morgan fingerprint density at radius 1 is 1.00 bits per heavy atom. The maximum Gasteiger partial charge on any atom is 0.233 e. The number of methoxy groups -OCH3 is 2. The van der Waals surface area contributed by atoms with Crippen LogP contribution in [0.1, 0.15) is 44.1 Å². The number of piperidine rings is 1. The highest BCUT2D eigenvalue weighted by molar-refractivity contribution is 5.88. The monoisotopic (exact) mass is 427 g/mol. The second-order valence-corrected chi connectivity index (χ2v) is 8.40. The normalized spacial score (nSPS) is 18.6. The van der Waals surface area contributed by atoms with Gasteiger partial charge < -0.3 is 19.1 Å². The van der Waals surface area contributed by atoms with E-state index in [9.17, 15) is 9.18 Å². The molecular weight excluding hydrogens is 397 g/mol. The second kappa shape index (κ2) is 9.16. The molecule has 0 unspecified atom stereocenters. The fourth-order valence-electron chi connectivity index (χ4n) is 4.97. The summed E-state index contributed by atoms with van der Waals surface area (Å²) in [6.07, 6.45) is 4.99. The van der Waals surface area contributed by atoms with Gasteiger partial charge in [-0.05, 0) is 42.7 Å². The van der Waals surface area contributed by atoms with Crippen molar-refractivity contribution in [2.75, 3.05) is 27.3 Å². The quantitative estimate of drug-likeness (QED) is 0.669. The molecule has 0 radical (unpaired) electrons. The Morgan fingerprint density at radius 3 is 2.19 bits per heavy atom. The Labute approximate surface area is 183 Å². The van der Waals surface area contributed by atoms with E-state index in [4.69, 9.17) is 14.2 Å². The van der Waals surface area contributed by atoms with Crippen molar-refractivity contribution in [1.29, 1.82) is 0 Å². The number of amides is 1. The summed E-state index contributed by atoms with van der Waals surface area (Å²) in [6.45, 7) is 1.25. The molecule has 0 N–H and O–H groups in total. The van der Waals surface area contributed by atoms with Crippen LogP contribution < -0.4 is 14.2 Å². The lowest BCUT2D eigenvalue weighted by Crippen LogP contribution is -2.50. The van der Waals surface area contributed by atoms with Gasteiger partial charge in [0.05, 0.1) is 19.6 Å². The molecule has 4 rings (SSSR count). The van der Waals surface area contributed by atoms with E-state index in [0.717, 1.165) is 44.1 Å². The molecule has 0 aromatic heterocycles. The van der Waals surface area contributed by atoms with Gasteiger partial charge in [-0.15, -0.1) is 0 Å². The topological polar surface area (TPSA) is 48.0 Å². The van der Waals surface area contributed by atoms with Crippen molar-refractivity contribution in [2.45, 2.75) is 50.0 Å². The van der Waals surface area contributed by atoms with Gasteiger partial charge in [-0.3, -0.25) is 4.79 Å². The van der Waals surface area contributed by atoms with Crippen LogP contribution in [0.15, 0.2) is 42.5 Å². The Bertz CT molecular complexity index is 895. The number of halogens is 1. The van der Waals surface area contributed by atoms with Crippen molar-refractivity contribution in [3.63, 3.8) is 0 Å². The molecule has 1 amide bonds. The number of carbonyl (C=O) groups is 1. The first-order valence-electron chi connectivity index (χ1n) is 11.0. The largest absolute Gasteiger partial charge is 0.493 e. The van der Waals surface area contributed by atoms with Gasteiger partial charge in [0.2, 0.25) is 11.7 Å². The van der Waals surface area contributed by atoms with Gasteiger partial charge in [-0.25, -0.2) is 4.39 Å². The van der Waals surface area contributed by atoms with E-state index >= 15 is 0 Å².